The second-order valence-electron chi connectivity index (χ2n) is 9.12. The number of benzene rings is 3. The number of hydrogen-bond donors (Lipinski definition) is 0. The Bertz CT molecular complexity index is 1260. The lowest BCUT2D eigenvalue weighted by Gasteiger charge is -2.23. The van der Waals surface area contributed by atoms with Gasteiger partial charge < -0.3 is 14.2 Å². The molecule has 0 saturated carbocycles. The molecule has 0 spiro atoms. The molecule has 188 valence electrons. The molecule has 6 nitrogen and oxygen atoms in total. The van der Waals surface area contributed by atoms with Crippen molar-refractivity contribution in [1.29, 1.82) is 0 Å². The van der Waals surface area contributed by atoms with Gasteiger partial charge in [0.2, 0.25) is 0 Å². The summed E-state index contributed by atoms with van der Waals surface area (Å²) in [6.45, 7) is 7.01. The summed E-state index contributed by atoms with van der Waals surface area (Å²) in [6, 6.07) is 17.8. The fraction of sp³-hybridized carbons (Fsp3) is 0.276. The number of ketones is 1. The van der Waals surface area contributed by atoms with Crippen molar-refractivity contribution in [2.75, 3.05) is 14.2 Å². The van der Waals surface area contributed by atoms with Crippen LogP contribution in [0.25, 0.3) is 0 Å². The zero-order valence-corrected chi connectivity index (χ0v) is 22.2. The van der Waals surface area contributed by atoms with Crippen LogP contribution in [0.5, 0.6) is 5.75 Å². The number of esters is 2. The molecule has 0 atom stereocenters. The van der Waals surface area contributed by atoms with Crippen LogP contribution in [0.15, 0.2) is 65.6 Å². The van der Waals surface area contributed by atoms with E-state index in [1.165, 1.54) is 18.9 Å². The van der Waals surface area contributed by atoms with Crippen LogP contribution in [0.3, 0.4) is 0 Å². The van der Waals surface area contributed by atoms with E-state index >= 15 is 0 Å². The minimum absolute atomic E-state index is 0.105. The Balaban J connectivity index is 2.16. The van der Waals surface area contributed by atoms with E-state index in [0.717, 1.165) is 11.3 Å². The molecule has 0 saturated heterocycles. The third-order valence-electron chi connectivity index (χ3n) is 5.37. The summed E-state index contributed by atoms with van der Waals surface area (Å²) in [5.41, 5.74) is 1.52. The largest absolute Gasteiger partial charge is 0.497 e. The van der Waals surface area contributed by atoms with Crippen LogP contribution in [0.4, 0.5) is 0 Å². The minimum atomic E-state index is -0.744. The Hall–Kier alpha value is -3.58. The first-order chi connectivity index (χ1) is 17.1. The molecule has 0 amide bonds. The van der Waals surface area contributed by atoms with Crippen LogP contribution in [0.1, 0.15) is 68.5 Å². The predicted octanol–water partition coefficient (Wildman–Crippen LogP) is 6.27. The number of hydrogen-bond acceptors (Lipinski definition) is 7. The molecule has 3 rings (SSSR count). The molecule has 0 aliphatic carbocycles. The third-order valence-corrected chi connectivity index (χ3v) is 6.48. The lowest BCUT2D eigenvalue weighted by Crippen LogP contribution is -2.26. The fourth-order valence-electron chi connectivity index (χ4n) is 3.66. The molecule has 0 aliphatic rings. The van der Waals surface area contributed by atoms with Crippen LogP contribution in [0.2, 0.25) is 0 Å². The summed E-state index contributed by atoms with van der Waals surface area (Å²) >= 11 is 1.38. The van der Waals surface area contributed by atoms with Gasteiger partial charge in [0.05, 0.1) is 25.3 Å². The molecular formula is C29H30O6S. The minimum Gasteiger partial charge on any atom is -0.497 e. The number of methoxy groups -OCH3 is 2. The van der Waals surface area contributed by atoms with Gasteiger partial charge in [0.15, 0.2) is 5.78 Å². The highest BCUT2D eigenvalue weighted by atomic mass is 32.2. The van der Waals surface area contributed by atoms with Gasteiger partial charge in [0, 0.05) is 21.8 Å². The first kappa shape index (κ1) is 27.0. The maximum Gasteiger partial charge on any atom is 0.340 e. The zero-order valence-electron chi connectivity index (χ0n) is 21.3. The Morgan fingerprint density at radius 3 is 2.06 bits per heavy atom. The lowest BCUT2D eigenvalue weighted by molar-refractivity contribution is 0.00642. The average Bonchev–Trinajstić information content (AvgIpc) is 2.85. The number of carbonyl (C=O) groups excluding carboxylic acids is 3. The van der Waals surface area contributed by atoms with Crippen LogP contribution in [-0.4, -0.2) is 37.5 Å². The maximum atomic E-state index is 13.5. The van der Waals surface area contributed by atoms with Crippen LogP contribution >= 0.6 is 11.8 Å². The summed E-state index contributed by atoms with van der Waals surface area (Å²) in [6.07, 6.45) is 0. The van der Waals surface area contributed by atoms with Crippen molar-refractivity contribution in [3.05, 3.63) is 94.0 Å². The van der Waals surface area contributed by atoms with Crippen LogP contribution < -0.4 is 4.74 Å². The van der Waals surface area contributed by atoms with Crippen molar-refractivity contribution in [3.63, 3.8) is 0 Å². The van der Waals surface area contributed by atoms with Gasteiger partial charge in [-0.1, -0.05) is 42.5 Å². The van der Waals surface area contributed by atoms with Crippen LogP contribution in [0, 0.1) is 6.92 Å². The van der Waals surface area contributed by atoms with E-state index in [1.807, 2.05) is 24.3 Å². The van der Waals surface area contributed by atoms with Gasteiger partial charge in [-0.05, 0) is 57.0 Å². The smallest absolute Gasteiger partial charge is 0.340 e. The lowest BCUT2D eigenvalue weighted by atomic mass is 9.90. The molecule has 3 aromatic rings. The van der Waals surface area contributed by atoms with E-state index in [1.54, 1.807) is 71.2 Å². The Kier molecular flexibility index (Phi) is 8.58. The summed E-state index contributed by atoms with van der Waals surface area (Å²) in [4.78, 5) is 40.3. The average molecular weight is 507 g/mol. The van der Waals surface area contributed by atoms with E-state index in [2.05, 4.69) is 0 Å². The van der Waals surface area contributed by atoms with Gasteiger partial charge in [-0.15, -0.1) is 11.8 Å². The third kappa shape index (κ3) is 6.34. The van der Waals surface area contributed by atoms with Gasteiger partial charge in [-0.25, -0.2) is 9.59 Å². The normalized spacial score (nSPS) is 11.1. The molecule has 7 heteroatoms. The van der Waals surface area contributed by atoms with Crippen molar-refractivity contribution >= 4 is 29.5 Å². The molecule has 0 radical (unpaired) electrons. The Morgan fingerprint density at radius 2 is 1.50 bits per heavy atom. The highest BCUT2D eigenvalue weighted by Crippen LogP contribution is 2.35. The van der Waals surface area contributed by atoms with E-state index in [4.69, 9.17) is 14.2 Å². The first-order valence-corrected chi connectivity index (χ1v) is 12.4. The Labute approximate surface area is 216 Å². The summed E-state index contributed by atoms with van der Waals surface area (Å²) < 4.78 is 15.9. The quantitative estimate of drug-likeness (QED) is 0.202. The zero-order chi connectivity index (χ0) is 26.5. The Morgan fingerprint density at radius 1 is 0.861 bits per heavy atom. The number of carbonyl (C=O) groups is 3. The van der Waals surface area contributed by atoms with Gasteiger partial charge >= 0.3 is 11.9 Å². The second-order valence-corrected chi connectivity index (χ2v) is 10.1. The summed E-state index contributed by atoms with van der Waals surface area (Å²) in [5.74, 6) is -0.322. The van der Waals surface area contributed by atoms with Crippen LogP contribution in [-0.2, 0) is 15.2 Å². The second kappa shape index (κ2) is 11.4. The molecule has 0 bridgehead atoms. The topological polar surface area (TPSA) is 78.9 Å². The number of ether oxygens (including phenoxy) is 3. The van der Waals surface area contributed by atoms with Crippen molar-refractivity contribution < 1.29 is 28.6 Å². The van der Waals surface area contributed by atoms with Gasteiger partial charge in [0.1, 0.15) is 11.4 Å². The monoisotopic (exact) mass is 506 g/mol. The highest BCUT2D eigenvalue weighted by Gasteiger charge is 2.30. The fourth-order valence-corrected chi connectivity index (χ4v) is 4.76. The maximum absolute atomic E-state index is 13.5. The van der Waals surface area contributed by atoms with E-state index in [0.29, 0.717) is 21.8 Å². The summed E-state index contributed by atoms with van der Waals surface area (Å²) in [7, 11) is 2.87. The van der Waals surface area contributed by atoms with Crippen molar-refractivity contribution in [1.82, 2.24) is 0 Å². The molecule has 0 heterocycles. The predicted molar refractivity (Wildman–Crippen MR) is 140 cm³/mol. The highest BCUT2D eigenvalue weighted by molar-refractivity contribution is 7.98. The molecule has 36 heavy (non-hydrogen) atoms. The first-order valence-electron chi connectivity index (χ1n) is 11.4. The standard InChI is InChI=1S/C29H30O6S/c1-18-24(26(30)20-10-8-7-9-11-20)22(27(31)34-6)16-23(25(18)28(32)35-29(2,3)4)36-17-19-12-14-21(33-5)15-13-19/h7-16H,17H2,1-6H3. The number of rotatable bonds is 8. The molecule has 0 N–H and O–H groups in total. The van der Waals surface area contributed by atoms with E-state index in [9.17, 15) is 14.4 Å². The van der Waals surface area contributed by atoms with Crippen molar-refractivity contribution in [2.24, 2.45) is 0 Å². The molecular weight excluding hydrogens is 476 g/mol. The van der Waals surface area contributed by atoms with E-state index < -0.39 is 17.5 Å². The molecule has 0 aliphatic heterocycles. The molecule has 0 aromatic heterocycles. The SMILES string of the molecule is COC(=O)c1cc(SCc2ccc(OC)cc2)c(C(=O)OC(C)(C)C)c(C)c1C(=O)c1ccccc1. The molecule has 0 unspecified atom stereocenters. The van der Waals surface area contributed by atoms with Gasteiger partial charge in [0.25, 0.3) is 0 Å². The van der Waals surface area contributed by atoms with Gasteiger partial charge in [-0.2, -0.15) is 0 Å². The van der Waals surface area contributed by atoms with Crippen molar-refractivity contribution in [2.45, 2.75) is 43.9 Å². The molecule has 3 aromatic carbocycles. The number of thioether (sulfide) groups is 1. The van der Waals surface area contributed by atoms with Crippen molar-refractivity contribution in [3.8, 4) is 5.75 Å². The van der Waals surface area contributed by atoms with E-state index in [-0.39, 0.29) is 22.5 Å². The molecule has 0 fully saturated rings. The van der Waals surface area contributed by atoms with Gasteiger partial charge in [-0.3, -0.25) is 4.79 Å². The summed E-state index contributed by atoms with van der Waals surface area (Å²) in [5, 5.41) is 0.